The summed E-state index contributed by atoms with van der Waals surface area (Å²) in [6, 6.07) is 16.9. The van der Waals surface area contributed by atoms with Crippen LogP contribution in [0.25, 0.3) is 5.57 Å². The molecule has 0 N–H and O–H groups in total. The molecule has 1 fully saturated rings. The summed E-state index contributed by atoms with van der Waals surface area (Å²) in [7, 11) is 1.60. The van der Waals surface area contributed by atoms with Gasteiger partial charge >= 0.3 is 0 Å². The molecule has 3 atom stereocenters. The van der Waals surface area contributed by atoms with E-state index in [4.69, 9.17) is 9.47 Å². The standard InChI is InChI=1S/C25H18BrNO4/c1-30-17-10-7-15(8-11-17)23-24(31-23)22(28)21-20(14-5-3-2-4-6-14)18-13-16(26)9-12-19(18)27-25(21)29/h2-13,18,23-24H,1H3. The summed E-state index contributed by atoms with van der Waals surface area (Å²) in [5.74, 6) is -0.397. The smallest absolute Gasteiger partial charge is 0.281 e. The minimum absolute atomic E-state index is 0.104. The summed E-state index contributed by atoms with van der Waals surface area (Å²) < 4.78 is 11.8. The van der Waals surface area contributed by atoms with Gasteiger partial charge in [-0.15, -0.1) is 0 Å². The molecule has 0 saturated carbocycles. The maximum Gasteiger partial charge on any atom is 0.281 e. The molecule has 2 aliphatic heterocycles. The van der Waals surface area contributed by atoms with Crippen molar-refractivity contribution in [2.75, 3.05) is 7.11 Å². The van der Waals surface area contributed by atoms with E-state index in [1.807, 2.05) is 72.8 Å². The summed E-state index contributed by atoms with van der Waals surface area (Å²) in [6.07, 6.45) is 4.55. The quantitative estimate of drug-likeness (QED) is 0.467. The molecule has 1 aliphatic carbocycles. The average Bonchev–Trinajstić information content (AvgIpc) is 3.60. The molecule has 1 saturated heterocycles. The van der Waals surface area contributed by atoms with Gasteiger partial charge in [0.2, 0.25) is 5.78 Å². The van der Waals surface area contributed by atoms with Crippen molar-refractivity contribution >= 4 is 38.9 Å². The van der Waals surface area contributed by atoms with Crippen LogP contribution in [-0.4, -0.2) is 30.6 Å². The van der Waals surface area contributed by atoms with Crippen molar-refractivity contribution in [2.45, 2.75) is 12.2 Å². The summed E-state index contributed by atoms with van der Waals surface area (Å²) in [5.41, 5.74) is 3.10. The second kappa shape index (κ2) is 7.87. The molecule has 0 aromatic heterocycles. The number of allylic oxidation sites excluding steroid dienone is 5. The van der Waals surface area contributed by atoms with Gasteiger partial charge in [0.05, 0.1) is 18.4 Å². The van der Waals surface area contributed by atoms with Gasteiger partial charge in [-0.2, -0.15) is 0 Å². The highest BCUT2D eigenvalue weighted by atomic mass is 79.9. The lowest BCUT2D eigenvalue weighted by atomic mass is 9.79. The molecule has 0 radical (unpaired) electrons. The molecule has 2 heterocycles. The molecule has 154 valence electrons. The second-order valence-corrected chi connectivity index (χ2v) is 8.39. The maximum atomic E-state index is 13.5. The van der Waals surface area contributed by atoms with E-state index in [1.54, 1.807) is 7.11 Å². The zero-order valence-electron chi connectivity index (χ0n) is 16.6. The van der Waals surface area contributed by atoms with E-state index in [1.165, 1.54) is 0 Å². The number of rotatable bonds is 5. The van der Waals surface area contributed by atoms with Gasteiger partial charge in [0, 0.05) is 10.4 Å². The number of hydrogen-bond acceptors (Lipinski definition) is 4. The fraction of sp³-hybridized carbons (Fsp3) is 0.160. The van der Waals surface area contributed by atoms with Gasteiger partial charge in [-0.3, -0.25) is 9.59 Å². The minimum atomic E-state index is -0.700. The zero-order valence-corrected chi connectivity index (χ0v) is 18.2. The number of Topliss-reactive ketones (excluding diaryl/α,β-unsaturated/α-hetero) is 1. The summed E-state index contributed by atoms with van der Waals surface area (Å²) >= 11 is 3.51. The van der Waals surface area contributed by atoms with Crippen LogP contribution in [0.3, 0.4) is 0 Å². The Labute approximate surface area is 187 Å². The molecule has 6 heteroatoms. The number of carbonyl (C=O) groups is 2. The first-order valence-electron chi connectivity index (χ1n) is 9.88. The Balaban J connectivity index is 1.54. The molecule has 31 heavy (non-hydrogen) atoms. The predicted molar refractivity (Wildman–Crippen MR) is 121 cm³/mol. The number of fused-ring (bicyclic) bond motifs is 1. The summed E-state index contributed by atoms with van der Waals surface area (Å²) in [6.45, 7) is 0. The lowest BCUT2D eigenvalue weighted by Crippen LogP contribution is -2.29. The predicted octanol–water partition coefficient (Wildman–Crippen LogP) is 4.60. The van der Waals surface area contributed by atoms with E-state index in [0.717, 1.165) is 21.4 Å². The fourth-order valence-corrected chi connectivity index (χ4v) is 4.43. The van der Waals surface area contributed by atoms with Crippen molar-refractivity contribution in [3.8, 4) is 5.75 Å². The van der Waals surface area contributed by atoms with E-state index in [-0.39, 0.29) is 23.4 Å². The van der Waals surface area contributed by atoms with Crippen LogP contribution in [0, 0.1) is 5.92 Å². The van der Waals surface area contributed by atoms with E-state index >= 15 is 0 Å². The number of carbonyl (C=O) groups excluding carboxylic acids is 2. The Morgan fingerprint density at radius 3 is 2.52 bits per heavy atom. The molecular weight excluding hydrogens is 458 g/mol. The normalized spacial score (nSPS) is 24.3. The van der Waals surface area contributed by atoms with Crippen LogP contribution in [-0.2, 0) is 14.3 Å². The number of ketones is 1. The van der Waals surface area contributed by atoms with E-state index in [9.17, 15) is 9.59 Å². The third-order valence-electron chi connectivity index (χ3n) is 5.61. The van der Waals surface area contributed by atoms with Gasteiger partial charge in [0.15, 0.2) is 6.10 Å². The summed E-state index contributed by atoms with van der Waals surface area (Å²) in [5, 5.41) is 0. The lowest BCUT2D eigenvalue weighted by molar-refractivity contribution is -0.121. The number of nitrogens with zero attached hydrogens (tertiary/aromatic N) is 1. The number of dihydropyridines is 1. The first-order valence-corrected chi connectivity index (χ1v) is 10.7. The first kappa shape index (κ1) is 19.8. The Morgan fingerprint density at radius 2 is 1.81 bits per heavy atom. The van der Waals surface area contributed by atoms with Gasteiger partial charge < -0.3 is 9.47 Å². The van der Waals surface area contributed by atoms with E-state index < -0.39 is 12.0 Å². The largest absolute Gasteiger partial charge is 0.497 e. The van der Waals surface area contributed by atoms with Crippen LogP contribution in [0.5, 0.6) is 5.75 Å². The second-order valence-electron chi connectivity index (χ2n) is 7.47. The fourth-order valence-electron chi connectivity index (χ4n) is 4.03. The van der Waals surface area contributed by atoms with Crippen molar-refractivity contribution in [2.24, 2.45) is 10.9 Å². The van der Waals surface area contributed by atoms with Gasteiger partial charge in [-0.05, 0) is 41.0 Å². The van der Waals surface area contributed by atoms with Crippen molar-refractivity contribution in [3.63, 3.8) is 0 Å². The van der Waals surface area contributed by atoms with Crippen molar-refractivity contribution in [3.05, 3.63) is 94.0 Å². The zero-order chi connectivity index (χ0) is 21.5. The number of aliphatic imine (C=N–C) groups is 1. The highest BCUT2D eigenvalue weighted by Gasteiger charge is 2.50. The van der Waals surface area contributed by atoms with Crippen LogP contribution >= 0.6 is 15.9 Å². The number of hydrogen-bond donors (Lipinski definition) is 0. The van der Waals surface area contributed by atoms with Crippen LogP contribution in [0.4, 0.5) is 0 Å². The van der Waals surface area contributed by atoms with Crippen LogP contribution in [0.2, 0.25) is 0 Å². The minimum Gasteiger partial charge on any atom is -0.497 e. The molecule has 5 rings (SSSR count). The molecule has 5 nitrogen and oxygen atoms in total. The lowest BCUT2D eigenvalue weighted by Gasteiger charge is -2.26. The van der Waals surface area contributed by atoms with Crippen molar-refractivity contribution in [1.29, 1.82) is 0 Å². The number of benzene rings is 2. The number of ether oxygens (including phenoxy) is 2. The van der Waals surface area contributed by atoms with Crippen molar-refractivity contribution in [1.82, 2.24) is 0 Å². The molecular formula is C25H18BrNO4. The Morgan fingerprint density at radius 1 is 1.06 bits per heavy atom. The molecule has 0 spiro atoms. The molecule has 2 aromatic carbocycles. The number of epoxide rings is 1. The average molecular weight is 476 g/mol. The third-order valence-corrected chi connectivity index (χ3v) is 6.14. The van der Waals surface area contributed by atoms with Crippen molar-refractivity contribution < 1.29 is 19.1 Å². The molecule has 2 aromatic rings. The first-order chi connectivity index (χ1) is 15.1. The Hall–Kier alpha value is -3.09. The third kappa shape index (κ3) is 3.62. The SMILES string of the molecule is COc1ccc(C2OC2C(=O)C2=C(c3ccccc3)C3C=C(Br)C=CC3=NC2=O)cc1. The maximum absolute atomic E-state index is 13.5. The number of amides is 1. The number of halogens is 1. The van der Waals surface area contributed by atoms with Crippen LogP contribution in [0.15, 0.2) is 87.9 Å². The molecule has 3 unspecified atom stereocenters. The van der Waals surface area contributed by atoms with Gasteiger partial charge in [-0.1, -0.05) is 64.5 Å². The summed E-state index contributed by atoms with van der Waals surface area (Å²) in [4.78, 5) is 30.7. The Kier molecular flexibility index (Phi) is 5.04. The van der Waals surface area contributed by atoms with Gasteiger partial charge in [0.25, 0.3) is 5.91 Å². The van der Waals surface area contributed by atoms with E-state index in [0.29, 0.717) is 11.3 Å². The van der Waals surface area contributed by atoms with Crippen LogP contribution < -0.4 is 4.74 Å². The van der Waals surface area contributed by atoms with E-state index in [2.05, 4.69) is 20.9 Å². The topological polar surface area (TPSA) is 68.3 Å². The van der Waals surface area contributed by atoms with Crippen LogP contribution in [0.1, 0.15) is 17.2 Å². The Bertz CT molecular complexity index is 1190. The molecule has 0 bridgehead atoms. The van der Waals surface area contributed by atoms with Gasteiger partial charge in [-0.25, -0.2) is 4.99 Å². The molecule has 3 aliphatic rings. The highest BCUT2D eigenvalue weighted by molar-refractivity contribution is 9.11. The monoisotopic (exact) mass is 475 g/mol. The van der Waals surface area contributed by atoms with Gasteiger partial charge in [0.1, 0.15) is 11.9 Å². The highest BCUT2D eigenvalue weighted by Crippen LogP contribution is 2.44. The molecule has 1 amide bonds. The number of methoxy groups -OCH3 is 1.